The second-order valence-corrected chi connectivity index (χ2v) is 6.52. The lowest BCUT2D eigenvalue weighted by Crippen LogP contribution is -2.34. The van der Waals surface area contributed by atoms with E-state index in [-0.39, 0.29) is 0 Å². The van der Waals surface area contributed by atoms with Gasteiger partial charge in [0.15, 0.2) is 0 Å². The van der Waals surface area contributed by atoms with E-state index in [0.29, 0.717) is 25.2 Å². The first kappa shape index (κ1) is 18.5. The van der Waals surface area contributed by atoms with Crippen LogP contribution in [0.5, 0.6) is 5.75 Å². The van der Waals surface area contributed by atoms with Gasteiger partial charge in [-0.25, -0.2) is 0 Å². The minimum Gasteiger partial charge on any atom is -0.496 e. The molecule has 2 aromatic rings. The zero-order chi connectivity index (χ0) is 17.2. The molecule has 0 aromatic heterocycles. The number of hydrogen-bond acceptors (Lipinski definition) is 3. The van der Waals surface area contributed by atoms with Gasteiger partial charge in [-0.2, -0.15) is 0 Å². The zero-order valence-electron chi connectivity index (χ0n) is 15.0. The Balaban J connectivity index is 1.85. The number of nitrogens with one attached hydrogen (secondary N) is 1. The summed E-state index contributed by atoms with van der Waals surface area (Å²) in [4.78, 5) is 0. The third-order valence-corrected chi connectivity index (χ3v) is 3.96. The number of ether oxygens (including phenoxy) is 2. The van der Waals surface area contributed by atoms with Gasteiger partial charge in [-0.3, -0.25) is 0 Å². The molecule has 0 amide bonds. The fraction of sp³-hybridized carbons (Fsp3) is 0.429. The topological polar surface area (TPSA) is 30.5 Å². The van der Waals surface area contributed by atoms with Gasteiger partial charge in [0.25, 0.3) is 0 Å². The first-order valence-corrected chi connectivity index (χ1v) is 8.66. The highest BCUT2D eigenvalue weighted by molar-refractivity contribution is 5.33. The minimum atomic E-state index is 0.332. The second kappa shape index (κ2) is 10.1. The zero-order valence-corrected chi connectivity index (χ0v) is 15.0. The summed E-state index contributed by atoms with van der Waals surface area (Å²) in [5.41, 5.74) is 2.39. The summed E-state index contributed by atoms with van der Waals surface area (Å²) >= 11 is 0. The maximum absolute atomic E-state index is 5.93. The Kier molecular flexibility index (Phi) is 7.80. The van der Waals surface area contributed by atoms with Gasteiger partial charge in [-0.1, -0.05) is 62.4 Å². The Bertz CT molecular complexity index is 583. The van der Waals surface area contributed by atoms with Gasteiger partial charge in [0.05, 0.1) is 20.3 Å². The van der Waals surface area contributed by atoms with E-state index in [1.54, 1.807) is 7.11 Å². The Morgan fingerprint density at radius 3 is 2.38 bits per heavy atom. The standard InChI is InChI=1S/C21H29NO2/c1-17(2)13-20(16-24-15-18-9-5-4-6-10-18)22-14-19-11-7-8-12-21(19)23-3/h4-12,17,20,22H,13-16H2,1-3H3/t20-/m0/s1. The fourth-order valence-corrected chi connectivity index (χ4v) is 2.78. The Morgan fingerprint density at radius 1 is 0.958 bits per heavy atom. The third-order valence-electron chi connectivity index (χ3n) is 3.96. The monoisotopic (exact) mass is 327 g/mol. The molecule has 0 bridgehead atoms. The highest BCUT2D eigenvalue weighted by atomic mass is 16.5. The molecule has 0 spiro atoms. The van der Waals surface area contributed by atoms with Gasteiger partial charge in [-0.05, 0) is 24.0 Å². The third kappa shape index (κ3) is 6.34. The molecule has 1 atom stereocenters. The van der Waals surface area contributed by atoms with E-state index < -0.39 is 0 Å². The summed E-state index contributed by atoms with van der Waals surface area (Å²) in [6, 6.07) is 18.8. The fourth-order valence-electron chi connectivity index (χ4n) is 2.78. The smallest absolute Gasteiger partial charge is 0.123 e. The highest BCUT2D eigenvalue weighted by Crippen LogP contribution is 2.17. The average Bonchev–Trinajstić information content (AvgIpc) is 2.60. The van der Waals surface area contributed by atoms with Crippen molar-refractivity contribution in [3.8, 4) is 5.75 Å². The van der Waals surface area contributed by atoms with E-state index in [4.69, 9.17) is 9.47 Å². The van der Waals surface area contributed by atoms with Crippen LogP contribution in [-0.4, -0.2) is 19.8 Å². The molecule has 0 saturated carbocycles. The SMILES string of the molecule is COc1ccccc1CN[C@H](COCc1ccccc1)CC(C)C. The van der Waals surface area contributed by atoms with Crippen LogP contribution in [0.3, 0.4) is 0 Å². The van der Waals surface area contributed by atoms with Crippen LogP contribution in [0, 0.1) is 5.92 Å². The van der Waals surface area contributed by atoms with Crippen LogP contribution >= 0.6 is 0 Å². The molecule has 0 aliphatic carbocycles. The minimum absolute atomic E-state index is 0.332. The molecule has 2 rings (SSSR count). The van der Waals surface area contributed by atoms with Gasteiger partial charge in [0.2, 0.25) is 0 Å². The van der Waals surface area contributed by atoms with Crippen LogP contribution in [0.2, 0.25) is 0 Å². The van der Waals surface area contributed by atoms with Crippen molar-refractivity contribution in [2.45, 2.75) is 39.5 Å². The second-order valence-electron chi connectivity index (χ2n) is 6.52. The Hall–Kier alpha value is -1.84. The number of benzene rings is 2. The molecule has 0 radical (unpaired) electrons. The van der Waals surface area contributed by atoms with Crippen LogP contribution in [0.1, 0.15) is 31.4 Å². The maximum Gasteiger partial charge on any atom is 0.123 e. The van der Waals surface area contributed by atoms with E-state index in [1.807, 2.05) is 36.4 Å². The first-order chi connectivity index (χ1) is 11.7. The number of methoxy groups -OCH3 is 1. The predicted molar refractivity (Wildman–Crippen MR) is 99.2 cm³/mol. The van der Waals surface area contributed by atoms with Gasteiger partial charge in [-0.15, -0.1) is 0 Å². The van der Waals surface area contributed by atoms with Gasteiger partial charge >= 0.3 is 0 Å². The molecule has 0 aliphatic heterocycles. The van der Waals surface area contributed by atoms with Crippen molar-refractivity contribution in [2.24, 2.45) is 5.92 Å². The first-order valence-electron chi connectivity index (χ1n) is 8.66. The van der Waals surface area contributed by atoms with E-state index in [2.05, 4.69) is 37.4 Å². The molecular formula is C21H29NO2. The van der Waals surface area contributed by atoms with Gasteiger partial charge in [0, 0.05) is 18.2 Å². The van der Waals surface area contributed by atoms with Crippen molar-refractivity contribution in [2.75, 3.05) is 13.7 Å². The number of rotatable bonds is 10. The molecule has 0 unspecified atom stereocenters. The van der Waals surface area contributed by atoms with E-state index in [9.17, 15) is 0 Å². The van der Waals surface area contributed by atoms with Crippen LogP contribution < -0.4 is 10.1 Å². The lowest BCUT2D eigenvalue weighted by molar-refractivity contribution is 0.0921. The molecule has 130 valence electrons. The molecular weight excluding hydrogens is 298 g/mol. The lowest BCUT2D eigenvalue weighted by atomic mass is 10.0. The average molecular weight is 327 g/mol. The van der Waals surface area contributed by atoms with Crippen LogP contribution in [-0.2, 0) is 17.9 Å². The quantitative estimate of drug-likeness (QED) is 0.701. The summed E-state index contributed by atoms with van der Waals surface area (Å²) in [6.45, 7) is 6.65. The summed E-state index contributed by atoms with van der Waals surface area (Å²) in [7, 11) is 1.72. The van der Waals surface area contributed by atoms with E-state index in [0.717, 1.165) is 18.7 Å². The summed E-state index contributed by atoms with van der Waals surface area (Å²) in [5, 5.41) is 3.62. The van der Waals surface area contributed by atoms with Crippen LogP contribution in [0.4, 0.5) is 0 Å². The Morgan fingerprint density at radius 2 is 1.67 bits per heavy atom. The molecule has 2 aromatic carbocycles. The highest BCUT2D eigenvalue weighted by Gasteiger charge is 2.12. The molecule has 1 N–H and O–H groups in total. The summed E-state index contributed by atoms with van der Waals surface area (Å²) in [6.07, 6.45) is 1.09. The Labute approximate surface area is 146 Å². The molecule has 0 heterocycles. The summed E-state index contributed by atoms with van der Waals surface area (Å²) < 4.78 is 11.4. The van der Waals surface area contributed by atoms with Gasteiger partial charge in [0.1, 0.15) is 5.75 Å². The number of para-hydroxylation sites is 1. The summed E-state index contributed by atoms with van der Waals surface area (Å²) in [5.74, 6) is 1.55. The van der Waals surface area contributed by atoms with E-state index in [1.165, 1.54) is 11.1 Å². The molecule has 0 fully saturated rings. The van der Waals surface area contributed by atoms with Crippen molar-refractivity contribution in [1.82, 2.24) is 5.32 Å². The van der Waals surface area contributed by atoms with Crippen molar-refractivity contribution in [1.29, 1.82) is 0 Å². The number of hydrogen-bond donors (Lipinski definition) is 1. The van der Waals surface area contributed by atoms with Crippen molar-refractivity contribution in [3.05, 3.63) is 65.7 Å². The van der Waals surface area contributed by atoms with Gasteiger partial charge < -0.3 is 14.8 Å². The lowest BCUT2D eigenvalue weighted by Gasteiger charge is -2.21. The molecule has 0 aliphatic rings. The normalized spacial score (nSPS) is 12.3. The van der Waals surface area contributed by atoms with Crippen molar-refractivity contribution in [3.63, 3.8) is 0 Å². The predicted octanol–water partition coefficient (Wildman–Crippen LogP) is 4.42. The molecule has 3 nitrogen and oxygen atoms in total. The molecule has 0 saturated heterocycles. The molecule has 3 heteroatoms. The molecule has 24 heavy (non-hydrogen) atoms. The van der Waals surface area contributed by atoms with Crippen molar-refractivity contribution < 1.29 is 9.47 Å². The maximum atomic E-state index is 5.93. The van der Waals surface area contributed by atoms with Crippen molar-refractivity contribution >= 4 is 0 Å². The van der Waals surface area contributed by atoms with Crippen LogP contribution in [0.25, 0.3) is 0 Å². The van der Waals surface area contributed by atoms with Crippen LogP contribution in [0.15, 0.2) is 54.6 Å². The van der Waals surface area contributed by atoms with E-state index >= 15 is 0 Å². The largest absolute Gasteiger partial charge is 0.496 e.